The molecule has 0 unspecified atom stereocenters. The average molecular weight is 677 g/mol. The highest BCUT2D eigenvalue weighted by molar-refractivity contribution is 6.84. The van der Waals surface area contributed by atoms with Crippen molar-refractivity contribution in [1.82, 2.24) is 9.13 Å². The van der Waals surface area contributed by atoms with Crippen molar-refractivity contribution in [3.8, 4) is 50.9 Å². The summed E-state index contributed by atoms with van der Waals surface area (Å²) in [4.78, 5) is 0. The van der Waals surface area contributed by atoms with Crippen molar-refractivity contribution in [1.29, 1.82) is 0 Å². The first-order valence-corrected chi connectivity index (χ1v) is 18.1. The molecule has 2 aliphatic heterocycles. The minimum Gasteiger partial charge on any atom is -0.551 e. The number of aromatic nitrogens is 2. The number of para-hydroxylation sites is 4. The Morgan fingerprint density at radius 1 is 0.377 bits per heavy atom. The van der Waals surface area contributed by atoms with Crippen LogP contribution >= 0.6 is 0 Å². The Hall–Kier alpha value is -6.98. The number of rotatable bonds is 3. The largest absolute Gasteiger partial charge is 0.551 e. The molecular formula is C48H29BN2O2. The Bertz CT molecular complexity index is 3050. The van der Waals surface area contributed by atoms with Crippen LogP contribution < -0.4 is 20.3 Å². The first kappa shape index (κ1) is 28.7. The van der Waals surface area contributed by atoms with Crippen molar-refractivity contribution < 1.29 is 9.39 Å². The molecule has 0 amide bonds. The maximum Gasteiger partial charge on any atom is 0.434 e. The summed E-state index contributed by atoms with van der Waals surface area (Å²) < 4.78 is 18.3. The number of hydrogen-bond donors (Lipinski definition) is 0. The predicted molar refractivity (Wildman–Crippen MR) is 218 cm³/mol. The number of nitrogens with zero attached hydrogens (tertiary/aromatic N) is 2. The van der Waals surface area contributed by atoms with Crippen LogP contribution in [0.2, 0.25) is 0 Å². The molecule has 0 saturated heterocycles. The fraction of sp³-hybridized carbons (Fsp3) is 0. The van der Waals surface area contributed by atoms with E-state index in [9.17, 15) is 0 Å². The Kier molecular flexibility index (Phi) is 5.83. The molecular weight excluding hydrogens is 647 g/mol. The number of benzene rings is 8. The molecule has 8 aromatic carbocycles. The molecule has 5 heteroatoms. The second kappa shape index (κ2) is 10.8. The van der Waals surface area contributed by atoms with Crippen molar-refractivity contribution in [2.75, 3.05) is 0 Å². The summed E-state index contributed by atoms with van der Waals surface area (Å²) in [6, 6.07) is 62.8. The summed E-state index contributed by atoms with van der Waals surface area (Å²) in [5.74, 6) is 2.54. The average Bonchev–Trinajstić information content (AvgIpc) is 3.74. The lowest BCUT2D eigenvalue weighted by molar-refractivity contribution is 0.479. The van der Waals surface area contributed by atoms with E-state index in [0.717, 1.165) is 61.8 Å². The van der Waals surface area contributed by atoms with Gasteiger partial charge >= 0.3 is 6.92 Å². The van der Waals surface area contributed by atoms with Gasteiger partial charge in [0.05, 0.1) is 22.1 Å². The molecule has 2 aliphatic rings. The highest BCUT2D eigenvalue weighted by atomic mass is 16.5. The van der Waals surface area contributed by atoms with Gasteiger partial charge in [-0.1, -0.05) is 103 Å². The zero-order chi connectivity index (χ0) is 34.6. The summed E-state index contributed by atoms with van der Waals surface area (Å²) in [6.07, 6.45) is 0. The molecule has 4 heterocycles. The van der Waals surface area contributed by atoms with Gasteiger partial charge in [0.15, 0.2) is 0 Å². The van der Waals surface area contributed by atoms with E-state index in [4.69, 9.17) is 9.39 Å². The topological polar surface area (TPSA) is 28.3 Å². The lowest BCUT2D eigenvalue weighted by atomic mass is 9.51. The summed E-state index contributed by atoms with van der Waals surface area (Å²) in [7, 11) is 0. The zero-order valence-electron chi connectivity index (χ0n) is 28.5. The number of fused-ring (bicyclic) bond motifs is 10. The third kappa shape index (κ3) is 4.07. The number of hydrogen-bond acceptors (Lipinski definition) is 2. The van der Waals surface area contributed by atoms with Crippen molar-refractivity contribution >= 4 is 61.5 Å². The van der Waals surface area contributed by atoms with Gasteiger partial charge in [0, 0.05) is 49.4 Å². The van der Waals surface area contributed by atoms with Gasteiger partial charge in [0.25, 0.3) is 0 Å². The van der Waals surface area contributed by atoms with E-state index in [0.29, 0.717) is 0 Å². The van der Waals surface area contributed by atoms with Crippen molar-refractivity contribution in [3.05, 3.63) is 176 Å². The van der Waals surface area contributed by atoms with Crippen molar-refractivity contribution in [2.45, 2.75) is 0 Å². The molecule has 2 aromatic heterocycles. The second-order valence-electron chi connectivity index (χ2n) is 14.0. The second-order valence-corrected chi connectivity index (χ2v) is 14.0. The molecule has 0 bridgehead atoms. The fourth-order valence-electron chi connectivity index (χ4n) is 8.88. The normalized spacial score (nSPS) is 12.8. The minimum atomic E-state index is -0.296. The molecule has 10 aromatic rings. The molecule has 0 spiro atoms. The maximum atomic E-state index is 6.99. The molecule has 0 aliphatic carbocycles. The van der Waals surface area contributed by atoms with Crippen LogP contribution in [0.25, 0.3) is 77.2 Å². The fourth-order valence-corrected chi connectivity index (χ4v) is 8.88. The molecule has 12 rings (SSSR count). The van der Waals surface area contributed by atoms with Crippen LogP contribution in [0.4, 0.5) is 0 Å². The van der Waals surface area contributed by atoms with E-state index in [-0.39, 0.29) is 6.92 Å². The van der Waals surface area contributed by atoms with Gasteiger partial charge in [0.2, 0.25) is 0 Å². The monoisotopic (exact) mass is 676 g/mol. The van der Waals surface area contributed by atoms with Crippen LogP contribution in [0.5, 0.6) is 17.2 Å². The van der Waals surface area contributed by atoms with Crippen molar-refractivity contribution in [2.24, 2.45) is 0 Å². The summed E-state index contributed by atoms with van der Waals surface area (Å²) >= 11 is 0. The van der Waals surface area contributed by atoms with Crippen LogP contribution in [-0.4, -0.2) is 16.0 Å². The smallest absolute Gasteiger partial charge is 0.434 e. The van der Waals surface area contributed by atoms with Crippen LogP contribution in [0.15, 0.2) is 176 Å². The molecule has 0 radical (unpaired) electrons. The number of ether oxygens (including phenoxy) is 1. The van der Waals surface area contributed by atoms with Gasteiger partial charge in [-0.05, 0) is 89.5 Å². The molecule has 0 saturated carbocycles. The van der Waals surface area contributed by atoms with E-state index in [2.05, 4.69) is 185 Å². The third-order valence-corrected chi connectivity index (χ3v) is 11.2. The van der Waals surface area contributed by atoms with E-state index in [1.165, 1.54) is 43.6 Å². The Morgan fingerprint density at radius 2 is 0.925 bits per heavy atom. The Balaban J connectivity index is 0.971. The lowest BCUT2D eigenvalue weighted by Crippen LogP contribution is -2.53. The van der Waals surface area contributed by atoms with Crippen LogP contribution in [0, 0.1) is 0 Å². The minimum absolute atomic E-state index is 0.296. The van der Waals surface area contributed by atoms with Gasteiger partial charge in [-0.25, -0.2) is 0 Å². The zero-order valence-corrected chi connectivity index (χ0v) is 28.5. The maximum absolute atomic E-state index is 6.99. The third-order valence-electron chi connectivity index (χ3n) is 11.2. The highest BCUT2D eigenvalue weighted by Crippen LogP contribution is 2.42. The van der Waals surface area contributed by atoms with E-state index in [1.54, 1.807) is 0 Å². The summed E-state index contributed by atoms with van der Waals surface area (Å²) in [5.41, 5.74) is 13.6. The predicted octanol–water partition coefficient (Wildman–Crippen LogP) is 10.8. The van der Waals surface area contributed by atoms with Gasteiger partial charge in [-0.2, -0.15) is 0 Å². The first-order valence-electron chi connectivity index (χ1n) is 18.1. The van der Waals surface area contributed by atoms with E-state index >= 15 is 0 Å². The van der Waals surface area contributed by atoms with Gasteiger partial charge < -0.3 is 18.5 Å². The van der Waals surface area contributed by atoms with Crippen LogP contribution in [-0.2, 0) is 0 Å². The van der Waals surface area contributed by atoms with Gasteiger partial charge in [-0.15, -0.1) is 0 Å². The quantitative estimate of drug-likeness (QED) is 0.174. The first-order chi connectivity index (χ1) is 26.3. The standard InChI is InChI=1S/C48H29BN2O2/c1-5-18-41-34(13-1)35-14-2-6-19-42(35)50(41)32-12-9-11-30(27-32)31-23-25-45-39(28-31)38-17-10-22-47-48(38)49(53-45)40-29-33(24-26-46(40)52-47)51-43-20-7-3-15-36(43)37-16-4-8-21-44(37)51/h1-29H. The van der Waals surface area contributed by atoms with Gasteiger partial charge in [-0.3, -0.25) is 0 Å². The summed E-state index contributed by atoms with van der Waals surface area (Å²) in [5, 5.41) is 5.00. The van der Waals surface area contributed by atoms with Crippen molar-refractivity contribution in [3.63, 3.8) is 0 Å². The highest BCUT2D eigenvalue weighted by Gasteiger charge is 2.41. The molecule has 4 nitrogen and oxygen atoms in total. The van der Waals surface area contributed by atoms with Crippen LogP contribution in [0.3, 0.4) is 0 Å². The summed E-state index contributed by atoms with van der Waals surface area (Å²) in [6.45, 7) is -0.296. The Labute approximate surface area is 305 Å². The Morgan fingerprint density at radius 3 is 1.57 bits per heavy atom. The SMILES string of the molecule is c1cc(-c2ccc3c(c2)-c2cccc4c2B(O3)c2cc(-n3c5ccccc5c5ccccc53)ccc2O4)cc(-n2c3ccccc3c3ccccc32)c1. The van der Waals surface area contributed by atoms with Gasteiger partial charge in [0.1, 0.15) is 17.2 Å². The molecule has 0 fully saturated rings. The lowest BCUT2D eigenvalue weighted by Gasteiger charge is -2.33. The molecule has 246 valence electrons. The van der Waals surface area contributed by atoms with E-state index < -0.39 is 0 Å². The molecule has 0 N–H and O–H groups in total. The molecule has 53 heavy (non-hydrogen) atoms. The van der Waals surface area contributed by atoms with Crippen LogP contribution in [0.1, 0.15) is 0 Å². The molecule has 0 atom stereocenters. The van der Waals surface area contributed by atoms with E-state index in [1.807, 2.05) is 0 Å².